The quantitative estimate of drug-likeness (QED) is 0.847. The number of likely N-dealkylation sites (tertiary alicyclic amines) is 1. The molecule has 0 aromatic heterocycles. The number of hydrogen-bond donors (Lipinski definition) is 1. The van der Waals surface area contributed by atoms with E-state index < -0.39 is 12.1 Å². The second-order valence-electron chi connectivity index (χ2n) is 4.56. The van der Waals surface area contributed by atoms with Gasteiger partial charge in [0.2, 0.25) is 0 Å². The molecule has 1 aliphatic rings. The van der Waals surface area contributed by atoms with Crippen molar-refractivity contribution in [2.24, 2.45) is 0 Å². The summed E-state index contributed by atoms with van der Waals surface area (Å²) in [7, 11) is 1.30. The van der Waals surface area contributed by atoms with Crippen LogP contribution >= 0.6 is 0 Å². The lowest BCUT2D eigenvalue weighted by Gasteiger charge is -2.22. The molecule has 0 aliphatic carbocycles. The van der Waals surface area contributed by atoms with Crippen LogP contribution in [0, 0.1) is 0 Å². The van der Waals surface area contributed by atoms with Gasteiger partial charge < -0.3 is 19.5 Å². The first-order valence-corrected chi connectivity index (χ1v) is 6.43. The fourth-order valence-corrected chi connectivity index (χ4v) is 2.20. The molecule has 20 heavy (non-hydrogen) atoms. The summed E-state index contributed by atoms with van der Waals surface area (Å²) in [6, 6.07) is 5.96. The fraction of sp³-hybridized carbons (Fsp3) is 0.429. The van der Waals surface area contributed by atoms with Crippen molar-refractivity contribution in [3.05, 3.63) is 29.8 Å². The molecule has 0 radical (unpaired) electrons. The minimum Gasteiger partial charge on any atom is -0.465 e. The van der Waals surface area contributed by atoms with E-state index in [1.807, 2.05) is 0 Å². The molecule has 1 aromatic carbocycles. The van der Waals surface area contributed by atoms with E-state index in [9.17, 15) is 14.7 Å². The van der Waals surface area contributed by atoms with Crippen molar-refractivity contribution in [2.75, 3.05) is 20.3 Å². The topological polar surface area (TPSA) is 76.1 Å². The minimum atomic E-state index is -0.479. The molecule has 1 heterocycles. The lowest BCUT2D eigenvalue weighted by molar-refractivity contribution is 0.0600. The molecule has 1 atom stereocenters. The number of aliphatic hydroxyl groups is 1. The van der Waals surface area contributed by atoms with Crippen LogP contribution in [0.5, 0.6) is 5.75 Å². The first-order chi connectivity index (χ1) is 9.65. The predicted molar refractivity (Wildman–Crippen MR) is 70.6 cm³/mol. The molecule has 108 valence electrons. The van der Waals surface area contributed by atoms with Gasteiger partial charge in [-0.25, -0.2) is 9.59 Å². The smallest absolute Gasteiger partial charge is 0.415 e. The highest BCUT2D eigenvalue weighted by atomic mass is 16.6. The van der Waals surface area contributed by atoms with Gasteiger partial charge in [0.15, 0.2) is 0 Å². The van der Waals surface area contributed by atoms with Gasteiger partial charge in [0.1, 0.15) is 5.75 Å². The van der Waals surface area contributed by atoms with Gasteiger partial charge in [0.05, 0.1) is 25.3 Å². The number of carbonyl (C=O) groups excluding carboxylic acids is 2. The zero-order valence-corrected chi connectivity index (χ0v) is 11.2. The second-order valence-corrected chi connectivity index (χ2v) is 4.56. The highest BCUT2D eigenvalue weighted by Gasteiger charge is 2.29. The van der Waals surface area contributed by atoms with Crippen LogP contribution < -0.4 is 4.74 Å². The van der Waals surface area contributed by atoms with Crippen molar-refractivity contribution >= 4 is 12.1 Å². The summed E-state index contributed by atoms with van der Waals surface area (Å²) < 4.78 is 9.81. The number of benzene rings is 1. The number of nitrogens with zero attached hydrogens (tertiary/aromatic N) is 1. The average molecular weight is 279 g/mol. The van der Waals surface area contributed by atoms with Gasteiger partial charge in [-0.15, -0.1) is 0 Å². The Morgan fingerprint density at radius 1 is 1.35 bits per heavy atom. The lowest BCUT2D eigenvalue weighted by Crippen LogP contribution is -2.39. The highest BCUT2D eigenvalue weighted by Crippen LogP contribution is 2.20. The maximum Gasteiger partial charge on any atom is 0.415 e. The van der Waals surface area contributed by atoms with Crippen molar-refractivity contribution in [1.29, 1.82) is 0 Å². The van der Waals surface area contributed by atoms with E-state index in [0.717, 1.165) is 12.8 Å². The number of hydrogen-bond acceptors (Lipinski definition) is 5. The van der Waals surface area contributed by atoms with E-state index in [-0.39, 0.29) is 12.6 Å². The molecule has 0 bridgehead atoms. The minimum absolute atomic E-state index is 0.0591. The Kier molecular flexibility index (Phi) is 4.57. The number of ether oxygens (including phenoxy) is 2. The van der Waals surface area contributed by atoms with Crippen LogP contribution in [0.4, 0.5) is 4.79 Å². The zero-order chi connectivity index (χ0) is 14.5. The highest BCUT2D eigenvalue weighted by molar-refractivity contribution is 5.89. The third-order valence-corrected chi connectivity index (χ3v) is 3.30. The molecule has 2 rings (SSSR count). The first kappa shape index (κ1) is 14.3. The molecular formula is C14H17NO5. The first-order valence-electron chi connectivity index (χ1n) is 6.43. The van der Waals surface area contributed by atoms with Crippen LogP contribution in [0.25, 0.3) is 0 Å². The summed E-state index contributed by atoms with van der Waals surface area (Å²) in [5, 5.41) is 9.18. The second kappa shape index (κ2) is 6.38. The van der Waals surface area contributed by atoms with Crippen molar-refractivity contribution in [3.63, 3.8) is 0 Å². The Balaban J connectivity index is 1.99. The van der Waals surface area contributed by atoms with E-state index in [1.165, 1.54) is 36.3 Å². The number of carbonyl (C=O) groups is 2. The number of esters is 1. The van der Waals surface area contributed by atoms with Gasteiger partial charge in [-0.2, -0.15) is 0 Å². The molecular weight excluding hydrogens is 262 g/mol. The molecule has 0 saturated carbocycles. The molecule has 1 saturated heterocycles. The van der Waals surface area contributed by atoms with Gasteiger partial charge in [0, 0.05) is 6.54 Å². The zero-order valence-electron chi connectivity index (χ0n) is 11.2. The molecule has 0 spiro atoms. The Bertz CT molecular complexity index is 485. The van der Waals surface area contributed by atoms with E-state index in [4.69, 9.17) is 4.74 Å². The maximum absolute atomic E-state index is 12.0. The van der Waals surface area contributed by atoms with Gasteiger partial charge in [-0.05, 0) is 37.1 Å². The Morgan fingerprint density at radius 3 is 2.65 bits per heavy atom. The molecule has 1 unspecified atom stereocenters. The summed E-state index contributed by atoms with van der Waals surface area (Å²) in [6.45, 7) is 0.528. The molecule has 1 aliphatic heterocycles. The van der Waals surface area contributed by atoms with E-state index in [0.29, 0.717) is 17.9 Å². The number of rotatable bonds is 3. The van der Waals surface area contributed by atoms with E-state index in [1.54, 1.807) is 0 Å². The number of amides is 1. The van der Waals surface area contributed by atoms with Gasteiger partial charge in [-0.1, -0.05) is 0 Å². The van der Waals surface area contributed by atoms with Crippen LogP contribution in [0.1, 0.15) is 23.2 Å². The monoisotopic (exact) mass is 279 g/mol. The van der Waals surface area contributed by atoms with Crippen molar-refractivity contribution in [1.82, 2.24) is 4.90 Å². The predicted octanol–water partition coefficient (Wildman–Crippen LogP) is 1.43. The molecule has 6 nitrogen and oxygen atoms in total. The van der Waals surface area contributed by atoms with Crippen molar-refractivity contribution in [2.45, 2.75) is 18.9 Å². The Hall–Kier alpha value is -2.08. The van der Waals surface area contributed by atoms with Crippen molar-refractivity contribution in [3.8, 4) is 5.75 Å². The van der Waals surface area contributed by atoms with E-state index in [2.05, 4.69) is 4.74 Å². The maximum atomic E-state index is 12.0. The SMILES string of the molecule is COC(=O)c1ccc(OC(=O)N2CCCC2CO)cc1. The largest absolute Gasteiger partial charge is 0.465 e. The van der Waals surface area contributed by atoms with Crippen LogP contribution in [0.3, 0.4) is 0 Å². The summed E-state index contributed by atoms with van der Waals surface area (Å²) in [5.74, 6) is -0.0889. The molecule has 1 fully saturated rings. The number of aliphatic hydroxyl groups excluding tert-OH is 1. The lowest BCUT2D eigenvalue weighted by atomic mass is 10.2. The van der Waals surface area contributed by atoms with Gasteiger partial charge >= 0.3 is 12.1 Å². The fourth-order valence-electron chi connectivity index (χ4n) is 2.20. The van der Waals surface area contributed by atoms with Crippen LogP contribution in [0.15, 0.2) is 24.3 Å². The third kappa shape index (κ3) is 3.08. The molecule has 6 heteroatoms. The Labute approximate surface area is 116 Å². The van der Waals surface area contributed by atoms with Crippen LogP contribution in [-0.4, -0.2) is 48.4 Å². The van der Waals surface area contributed by atoms with E-state index >= 15 is 0 Å². The molecule has 1 amide bonds. The van der Waals surface area contributed by atoms with Gasteiger partial charge in [0.25, 0.3) is 0 Å². The number of methoxy groups -OCH3 is 1. The van der Waals surface area contributed by atoms with Crippen molar-refractivity contribution < 1.29 is 24.2 Å². The van der Waals surface area contributed by atoms with Gasteiger partial charge in [-0.3, -0.25) is 0 Å². The molecule has 1 aromatic rings. The summed E-state index contributed by atoms with van der Waals surface area (Å²) in [6.07, 6.45) is 1.17. The summed E-state index contributed by atoms with van der Waals surface area (Å²) in [5.41, 5.74) is 0.390. The summed E-state index contributed by atoms with van der Waals surface area (Å²) >= 11 is 0. The van der Waals surface area contributed by atoms with Crippen LogP contribution in [-0.2, 0) is 4.74 Å². The third-order valence-electron chi connectivity index (χ3n) is 3.30. The standard InChI is InChI=1S/C14H17NO5/c1-19-13(17)10-4-6-12(7-5-10)20-14(18)15-8-2-3-11(15)9-16/h4-7,11,16H,2-3,8-9H2,1H3. The normalized spacial score (nSPS) is 17.9. The van der Waals surface area contributed by atoms with Crippen LogP contribution in [0.2, 0.25) is 0 Å². The molecule has 1 N–H and O–H groups in total. The Morgan fingerprint density at radius 2 is 2.05 bits per heavy atom. The average Bonchev–Trinajstić information content (AvgIpc) is 2.95. The summed E-state index contributed by atoms with van der Waals surface area (Å²) in [4.78, 5) is 24.8.